The van der Waals surface area contributed by atoms with Crippen molar-refractivity contribution in [1.82, 2.24) is 5.32 Å². The van der Waals surface area contributed by atoms with Gasteiger partial charge in [-0.05, 0) is 12.1 Å². The van der Waals surface area contributed by atoms with Crippen molar-refractivity contribution in [3.8, 4) is 0 Å². The lowest BCUT2D eigenvalue weighted by Crippen LogP contribution is -2.24. The van der Waals surface area contributed by atoms with Gasteiger partial charge >= 0.3 is 11.9 Å². The molecule has 0 unspecified atom stereocenters. The molecule has 1 aromatic carbocycles. The Morgan fingerprint density at radius 3 is 2.55 bits per heavy atom. The van der Waals surface area contributed by atoms with Gasteiger partial charge in [0.2, 0.25) is 0 Å². The van der Waals surface area contributed by atoms with Crippen LogP contribution < -0.4 is 5.32 Å². The number of carbonyl (C=O) groups excluding carboxylic acids is 2. The first-order valence-corrected chi connectivity index (χ1v) is 5.62. The predicted octanol–water partition coefficient (Wildman–Crippen LogP) is 0.644. The Labute approximate surface area is 114 Å². The molecule has 0 aliphatic heterocycles. The van der Waals surface area contributed by atoms with E-state index in [0.29, 0.717) is 0 Å². The number of nitro benzene ring substituents is 1. The molecule has 8 nitrogen and oxygen atoms in total. The molecule has 0 amide bonds. The largest absolute Gasteiger partial charge is 0.468 e. The van der Waals surface area contributed by atoms with Crippen molar-refractivity contribution in [2.24, 2.45) is 0 Å². The third-order valence-corrected chi connectivity index (χ3v) is 2.51. The minimum absolute atomic E-state index is 0.0518. The van der Waals surface area contributed by atoms with E-state index < -0.39 is 16.9 Å². The van der Waals surface area contributed by atoms with E-state index in [0.717, 1.165) is 0 Å². The van der Waals surface area contributed by atoms with E-state index in [4.69, 9.17) is 0 Å². The van der Waals surface area contributed by atoms with Crippen LogP contribution in [-0.2, 0) is 20.8 Å². The number of esters is 2. The van der Waals surface area contributed by atoms with Crippen LogP contribution in [0.25, 0.3) is 0 Å². The molecule has 0 radical (unpaired) electrons. The molecule has 1 N–H and O–H groups in total. The maximum absolute atomic E-state index is 11.4. The van der Waals surface area contributed by atoms with Crippen LogP contribution in [0.4, 0.5) is 5.69 Å². The van der Waals surface area contributed by atoms with Gasteiger partial charge in [-0.15, -0.1) is 0 Å². The fourth-order valence-electron chi connectivity index (χ4n) is 1.52. The lowest BCUT2D eigenvalue weighted by atomic mass is 10.1. The highest BCUT2D eigenvalue weighted by Crippen LogP contribution is 2.20. The quantitative estimate of drug-likeness (QED) is 0.463. The number of hydrogen-bond donors (Lipinski definition) is 1. The Bertz CT molecular complexity index is 529. The van der Waals surface area contributed by atoms with Crippen LogP contribution in [-0.4, -0.2) is 37.6 Å². The van der Waals surface area contributed by atoms with Gasteiger partial charge in [0.05, 0.1) is 31.3 Å². The Hall–Kier alpha value is -2.48. The topological polar surface area (TPSA) is 108 Å². The average molecular weight is 282 g/mol. The van der Waals surface area contributed by atoms with Crippen LogP contribution in [0.3, 0.4) is 0 Å². The molecular weight excluding hydrogens is 268 g/mol. The molecule has 1 aromatic rings. The number of nitro groups is 1. The zero-order valence-electron chi connectivity index (χ0n) is 11.0. The Morgan fingerprint density at radius 1 is 1.30 bits per heavy atom. The molecule has 0 aliphatic carbocycles. The molecule has 0 spiro atoms. The minimum Gasteiger partial charge on any atom is -0.468 e. The third kappa shape index (κ3) is 4.02. The van der Waals surface area contributed by atoms with E-state index >= 15 is 0 Å². The second-order valence-corrected chi connectivity index (χ2v) is 3.77. The molecule has 108 valence electrons. The normalized spacial score (nSPS) is 9.90. The number of methoxy groups -OCH3 is 2. The first-order valence-electron chi connectivity index (χ1n) is 5.62. The first-order chi connectivity index (χ1) is 9.49. The summed E-state index contributed by atoms with van der Waals surface area (Å²) < 4.78 is 8.98. The summed E-state index contributed by atoms with van der Waals surface area (Å²) in [6.45, 7) is -0.0354. The highest BCUT2D eigenvalue weighted by atomic mass is 16.6. The lowest BCUT2D eigenvalue weighted by Gasteiger charge is -2.06. The van der Waals surface area contributed by atoms with Crippen LogP contribution in [0, 0.1) is 10.1 Å². The SMILES string of the molecule is COC(=O)CNCc1cc(C(=O)OC)ccc1[N+](=O)[O-]. The summed E-state index contributed by atoms with van der Waals surface area (Å²) in [7, 11) is 2.46. The van der Waals surface area contributed by atoms with Gasteiger partial charge in [0.1, 0.15) is 0 Å². The maximum atomic E-state index is 11.4. The standard InChI is InChI=1S/C12H14N2O6/c1-19-11(15)7-13-6-9-5-8(12(16)20-2)3-4-10(9)14(17)18/h3-5,13H,6-7H2,1-2H3. The number of nitrogens with zero attached hydrogens (tertiary/aromatic N) is 1. The molecule has 0 heterocycles. The number of ether oxygens (including phenoxy) is 2. The molecule has 0 saturated heterocycles. The summed E-state index contributed by atoms with van der Waals surface area (Å²) in [5.41, 5.74) is 0.338. The molecule has 0 saturated carbocycles. The van der Waals surface area contributed by atoms with Crippen molar-refractivity contribution < 1.29 is 24.0 Å². The monoisotopic (exact) mass is 282 g/mol. The molecule has 8 heteroatoms. The van der Waals surface area contributed by atoms with Crippen LogP contribution in [0.5, 0.6) is 0 Å². The highest BCUT2D eigenvalue weighted by molar-refractivity contribution is 5.89. The van der Waals surface area contributed by atoms with Crippen molar-refractivity contribution >= 4 is 17.6 Å². The van der Waals surface area contributed by atoms with Crippen molar-refractivity contribution in [1.29, 1.82) is 0 Å². The maximum Gasteiger partial charge on any atom is 0.337 e. The molecule has 0 aromatic heterocycles. The van der Waals surface area contributed by atoms with Gasteiger partial charge in [0, 0.05) is 18.2 Å². The van der Waals surface area contributed by atoms with E-state index in [1.807, 2.05) is 0 Å². The smallest absolute Gasteiger partial charge is 0.337 e. The summed E-state index contributed by atoms with van der Waals surface area (Å²) in [4.78, 5) is 32.7. The van der Waals surface area contributed by atoms with E-state index in [2.05, 4.69) is 14.8 Å². The van der Waals surface area contributed by atoms with Crippen molar-refractivity contribution in [3.05, 3.63) is 39.4 Å². The molecular formula is C12H14N2O6. The minimum atomic E-state index is -0.589. The number of nitrogens with one attached hydrogen (secondary N) is 1. The van der Waals surface area contributed by atoms with Crippen molar-refractivity contribution in [2.45, 2.75) is 6.54 Å². The lowest BCUT2D eigenvalue weighted by molar-refractivity contribution is -0.385. The molecule has 0 atom stereocenters. The van der Waals surface area contributed by atoms with Gasteiger partial charge in [0.15, 0.2) is 0 Å². The zero-order valence-corrected chi connectivity index (χ0v) is 11.0. The van der Waals surface area contributed by atoms with Gasteiger partial charge in [0.25, 0.3) is 5.69 Å². The Balaban J connectivity index is 2.91. The van der Waals surface area contributed by atoms with Gasteiger partial charge < -0.3 is 14.8 Å². The fourth-order valence-corrected chi connectivity index (χ4v) is 1.52. The van der Waals surface area contributed by atoms with E-state index in [1.165, 1.54) is 32.4 Å². The van der Waals surface area contributed by atoms with E-state index in [1.54, 1.807) is 0 Å². The first kappa shape index (κ1) is 15.6. The Morgan fingerprint density at radius 2 is 2.00 bits per heavy atom. The van der Waals surface area contributed by atoms with Crippen LogP contribution in [0.15, 0.2) is 18.2 Å². The van der Waals surface area contributed by atoms with Gasteiger partial charge in [-0.2, -0.15) is 0 Å². The van der Waals surface area contributed by atoms with Gasteiger partial charge in [-0.3, -0.25) is 14.9 Å². The summed E-state index contributed by atoms with van der Waals surface area (Å²) in [6, 6.07) is 3.89. The van der Waals surface area contributed by atoms with Crippen molar-refractivity contribution in [3.63, 3.8) is 0 Å². The van der Waals surface area contributed by atoms with E-state index in [-0.39, 0.29) is 29.9 Å². The summed E-state index contributed by atoms with van der Waals surface area (Å²) in [5.74, 6) is -1.08. The Kier molecular flexibility index (Phi) is 5.60. The van der Waals surface area contributed by atoms with E-state index in [9.17, 15) is 19.7 Å². The number of rotatable bonds is 6. The van der Waals surface area contributed by atoms with Gasteiger partial charge in [-0.25, -0.2) is 4.79 Å². The summed E-state index contributed by atoms with van der Waals surface area (Å²) in [6.07, 6.45) is 0. The number of carbonyl (C=O) groups is 2. The molecule has 0 aliphatic rings. The predicted molar refractivity (Wildman–Crippen MR) is 68.2 cm³/mol. The average Bonchev–Trinajstić information content (AvgIpc) is 2.45. The highest BCUT2D eigenvalue weighted by Gasteiger charge is 2.17. The molecule has 0 fully saturated rings. The second kappa shape index (κ2) is 7.19. The molecule has 1 rings (SSSR count). The molecule has 0 bridgehead atoms. The van der Waals surface area contributed by atoms with Crippen LogP contribution in [0.2, 0.25) is 0 Å². The van der Waals surface area contributed by atoms with Crippen LogP contribution >= 0.6 is 0 Å². The summed E-state index contributed by atoms with van der Waals surface area (Å²) >= 11 is 0. The third-order valence-electron chi connectivity index (χ3n) is 2.51. The summed E-state index contributed by atoms with van der Waals surface area (Å²) in [5, 5.41) is 13.6. The second-order valence-electron chi connectivity index (χ2n) is 3.77. The zero-order chi connectivity index (χ0) is 15.1. The van der Waals surface area contributed by atoms with Gasteiger partial charge in [-0.1, -0.05) is 0 Å². The number of hydrogen-bond acceptors (Lipinski definition) is 7. The molecule has 20 heavy (non-hydrogen) atoms. The number of benzene rings is 1. The van der Waals surface area contributed by atoms with Crippen molar-refractivity contribution in [2.75, 3.05) is 20.8 Å². The van der Waals surface area contributed by atoms with Crippen LogP contribution in [0.1, 0.15) is 15.9 Å². The fraction of sp³-hybridized carbons (Fsp3) is 0.333.